The molecule has 0 bridgehead atoms. The molecule has 0 amide bonds. The van der Waals surface area contributed by atoms with Crippen LogP contribution in [0.1, 0.15) is 19.8 Å². The second-order valence-corrected chi connectivity index (χ2v) is 6.08. The molecule has 0 radical (unpaired) electrons. The molecule has 1 heterocycles. The lowest BCUT2D eigenvalue weighted by atomic mass is 10.4. The molecule has 0 spiro atoms. The minimum absolute atomic E-state index is 0.718. The summed E-state index contributed by atoms with van der Waals surface area (Å²) in [6.07, 6.45) is 2.18. The fourth-order valence-corrected chi connectivity index (χ4v) is 3.15. The van der Waals surface area contributed by atoms with Crippen molar-refractivity contribution in [2.45, 2.75) is 25.8 Å². The van der Waals surface area contributed by atoms with Crippen LogP contribution in [0.5, 0.6) is 0 Å². The summed E-state index contributed by atoms with van der Waals surface area (Å²) in [6, 6.07) is 0.836. The average molecular weight is 158 g/mol. The highest BCUT2D eigenvalue weighted by Gasteiger charge is 2.36. The topological polar surface area (TPSA) is 29.5 Å². The maximum atomic E-state index is 9.77. The lowest BCUT2D eigenvalue weighted by Gasteiger charge is -2.28. The molecular formula is C7H14O2Si. The Labute approximate surface area is 62.8 Å². The van der Waals surface area contributed by atoms with Gasteiger partial charge in [-0.05, 0) is 31.0 Å². The van der Waals surface area contributed by atoms with Crippen LogP contribution in [-0.4, -0.2) is 20.0 Å². The highest BCUT2D eigenvalue weighted by Crippen LogP contribution is 2.24. The Kier molecular flexibility index (Phi) is 2.28. The second kappa shape index (κ2) is 2.86. The van der Waals surface area contributed by atoms with Gasteiger partial charge in [0.15, 0.2) is 0 Å². The molecule has 3 heteroatoms. The third-order valence-corrected chi connectivity index (χ3v) is 4.96. The Hall–Kier alpha value is -0.123. The first-order valence-electron chi connectivity index (χ1n) is 3.67. The Morgan fingerprint density at radius 3 is 2.60 bits per heavy atom. The Bertz CT molecular complexity index is 139. The molecule has 2 nitrogen and oxygen atoms in total. The van der Waals surface area contributed by atoms with E-state index in [0.29, 0.717) is 0 Å². The highest BCUT2D eigenvalue weighted by molar-refractivity contribution is 6.73. The van der Waals surface area contributed by atoms with Crippen molar-refractivity contribution in [1.82, 2.24) is 0 Å². The minimum Gasteiger partial charge on any atom is -0.407 e. The summed E-state index contributed by atoms with van der Waals surface area (Å²) in [6.45, 7) is 6.31. The summed E-state index contributed by atoms with van der Waals surface area (Å²) in [4.78, 5) is 9.77. The van der Waals surface area contributed by atoms with E-state index in [0.717, 1.165) is 30.7 Å². The van der Waals surface area contributed by atoms with Crippen molar-refractivity contribution in [3.05, 3.63) is 11.8 Å². The molecule has 1 unspecified atom stereocenters. The molecule has 58 valence electrons. The van der Waals surface area contributed by atoms with E-state index in [4.69, 9.17) is 4.43 Å². The predicted molar refractivity (Wildman–Crippen MR) is 42.8 cm³/mol. The Balaban J connectivity index is 2.56. The Morgan fingerprint density at radius 1 is 1.60 bits per heavy atom. The van der Waals surface area contributed by atoms with Gasteiger partial charge in [-0.15, -0.1) is 0 Å². The molecule has 1 N–H and O–H groups in total. The zero-order valence-corrected chi connectivity index (χ0v) is 7.39. The second-order valence-electron chi connectivity index (χ2n) is 2.87. The van der Waals surface area contributed by atoms with Gasteiger partial charge in [0.05, 0.1) is 0 Å². The molecule has 1 aliphatic heterocycles. The first kappa shape index (κ1) is 7.98. The number of hydrogen-bond acceptors (Lipinski definition) is 2. The quantitative estimate of drug-likeness (QED) is 0.584. The predicted octanol–water partition coefficient (Wildman–Crippen LogP) is 1.35. The van der Waals surface area contributed by atoms with Crippen LogP contribution in [0.25, 0.3) is 0 Å². The number of rotatable bonds is 1. The summed E-state index contributed by atoms with van der Waals surface area (Å²) in [5.41, 5.74) is 0. The van der Waals surface area contributed by atoms with Gasteiger partial charge >= 0.3 is 8.56 Å². The molecular weight excluding hydrogens is 144 g/mol. The van der Waals surface area contributed by atoms with Gasteiger partial charge in [-0.2, -0.15) is 0 Å². The van der Waals surface area contributed by atoms with E-state index in [2.05, 4.69) is 6.58 Å². The summed E-state index contributed by atoms with van der Waals surface area (Å²) in [5.74, 6) is 0. The smallest absolute Gasteiger partial charge is 0.364 e. The van der Waals surface area contributed by atoms with E-state index in [9.17, 15) is 4.80 Å². The van der Waals surface area contributed by atoms with Gasteiger partial charge in [-0.1, -0.05) is 6.58 Å². The molecule has 0 aliphatic carbocycles. The molecule has 1 aliphatic rings. The van der Waals surface area contributed by atoms with Gasteiger partial charge < -0.3 is 9.22 Å². The van der Waals surface area contributed by atoms with Gasteiger partial charge in [-0.25, -0.2) is 0 Å². The first-order valence-corrected chi connectivity index (χ1v) is 5.74. The largest absolute Gasteiger partial charge is 0.407 e. The summed E-state index contributed by atoms with van der Waals surface area (Å²) in [5, 5.41) is 0.854. The fraction of sp³-hybridized carbons (Fsp3) is 0.714. The first-order chi connectivity index (χ1) is 4.65. The van der Waals surface area contributed by atoms with E-state index in [-0.39, 0.29) is 0 Å². The zero-order chi connectivity index (χ0) is 7.61. The van der Waals surface area contributed by atoms with E-state index >= 15 is 0 Å². The number of allylic oxidation sites excluding steroid dienone is 1. The van der Waals surface area contributed by atoms with E-state index in [1.165, 1.54) is 0 Å². The van der Waals surface area contributed by atoms with Crippen LogP contribution >= 0.6 is 0 Å². The van der Waals surface area contributed by atoms with E-state index in [1.807, 2.05) is 6.92 Å². The van der Waals surface area contributed by atoms with Crippen LogP contribution in [0.3, 0.4) is 0 Å². The molecule has 1 rings (SSSR count). The minimum atomic E-state index is -2.41. The average Bonchev–Trinajstić information content (AvgIpc) is 1.89. The monoisotopic (exact) mass is 158 g/mol. The third-order valence-electron chi connectivity index (χ3n) is 1.92. The molecule has 0 aromatic rings. The zero-order valence-electron chi connectivity index (χ0n) is 6.39. The van der Waals surface area contributed by atoms with Gasteiger partial charge in [0.25, 0.3) is 0 Å². The van der Waals surface area contributed by atoms with Crippen molar-refractivity contribution in [3.63, 3.8) is 0 Å². The van der Waals surface area contributed by atoms with Crippen molar-refractivity contribution in [2.75, 3.05) is 6.61 Å². The van der Waals surface area contributed by atoms with Crippen molar-refractivity contribution in [1.29, 1.82) is 0 Å². The van der Waals surface area contributed by atoms with Crippen molar-refractivity contribution in [2.24, 2.45) is 0 Å². The van der Waals surface area contributed by atoms with E-state index < -0.39 is 8.56 Å². The van der Waals surface area contributed by atoms with Crippen LogP contribution < -0.4 is 0 Å². The maximum absolute atomic E-state index is 9.77. The lowest BCUT2D eigenvalue weighted by molar-refractivity contribution is 0.209. The van der Waals surface area contributed by atoms with Crippen molar-refractivity contribution in [3.8, 4) is 0 Å². The van der Waals surface area contributed by atoms with Crippen LogP contribution in [0, 0.1) is 0 Å². The SMILES string of the molecule is C=C(C)[Si]1(O)CCCCO1. The third kappa shape index (κ3) is 1.48. The molecule has 0 aromatic heterocycles. The summed E-state index contributed by atoms with van der Waals surface area (Å²) >= 11 is 0. The lowest BCUT2D eigenvalue weighted by Crippen LogP contribution is -2.42. The van der Waals surface area contributed by atoms with Gasteiger partial charge in [0.2, 0.25) is 0 Å². The maximum Gasteiger partial charge on any atom is 0.364 e. The van der Waals surface area contributed by atoms with Crippen LogP contribution in [0.15, 0.2) is 11.8 Å². The molecule has 10 heavy (non-hydrogen) atoms. The highest BCUT2D eigenvalue weighted by atomic mass is 28.4. The molecule has 1 saturated heterocycles. The van der Waals surface area contributed by atoms with Crippen LogP contribution in [0.2, 0.25) is 6.04 Å². The fourth-order valence-electron chi connectivity index (χ4n) is 1.12. The van der Waals surface area contributed by atoms with Gasteiger partial charge in [-0.3, -0.25) is 0 Å². The molecule has 1 fully saturated rings. The van der Waals surface area contributed by atoms with Crippen molar-refractivity contribution < 1.29 is 9.22 Å². The standard InChI is InChI=1S/C7H14O2Si/c1-7(2)10(8)6-4-3-5-9-10/h8H,1,3-6H2,2H3. The molecule has 0 saturated carbocycles. The summed E-state index contributed by atoms with van der Waals surface area (Å²) in [7, 11) is -2.41. The Morgan fingerprint density at radius 2 is 2.30 bits per heavy atom. The van der Waals surface area contributed by atoms with E-state index in [1.54, 1.807) is 0 Å². The number of hydrogen-bond donors (Lipinski definition) is 1. The van der Waals surface area contributed by atoms with Crippen molar-refractivity contribution >= 4 is 8.56 Å². The van der Waals surface area contributed by atoms with Crippen LogP contribution in [-0.2, 0) is 4.43 Å². The van der Waals surface area contributed by atoms with Crippen LogP contribution in [0.4, 0.5) is 0 Å². The molecule has 1 atom stereocenters. The molecule has 0 aromatic carbocycles. The van der Waals surface area contributed by atoms with Gasteiger partial charge in [0, 0.05) is 6.61 Å². The van der Waals surface area contributed by atoms with Gasteiger partial charge in [0.1, 0.15) is 0 Å². The normalized spacial score (nSPS) is 33.8. The summed E-state index contributed by atoms with van der Waals surface area (Å²) < 4.78 is 5.32.